The van der Waals surface area contributed by atoms with Crippen LogP contribution in [0.3, 0.4) is 0 Å². The second-order valence-electron chi connectivity index (χ2n) is 3.90. The standard InChI is InChI=1S/C12H16FN2/c1-10(15-8-6-14-7-9-15)11-4-2-3-5-12(11)13/h2-5,10H,6-9H2,1H3. The highest BCUT2D eigenvalue weighted by Crippen LogP contribution is 2.22. The molecule has 1 aromatic rings. The predicted octanol–water partition coefficient (Wildman–Crippen LogP) is 1.81. The SMILES string of the molecule is CC(c1ccccc1F)N1CC[N]CC1. The number of halogens is 1. The van der Waals surface area contributed by atoms with Gasteiger partial charge in [0.05, 0.1) is 0 Å². The monoisotopic (exact) mass is 207 g/mol. The zero-order chi connectivity index (χ0) is 10.7. The zero-order valence-electron chi connectivity index (χ0n) is 8.99. The Balaban J connectivity index is 2.12. The highest BCUT2D eigenvalue weighted by Gasteiger charge is 2.20. The Kier molecular flexibility index (Phi) is 3.34. The molecule has 81 valence electrons. The molecule has 1 fully saturated rings. The van der Waals surface area contributed by atoms with Gasteiger partial charge >= 0.3 is 0 Å². The van der Waals surface area contributed by atoms with Crippen LogP contribution >= 0.6 is 0 Å². The maximum Gasteiger partial charge on any atom is 0.127 e. The van der Waals surface area contributed by atoms with Gasteiger partial charge in [0.1, 0.15) is 5.82 Å². The lowest BCUT2D eigenvalue weighted by molar-refractivity contribution is 0.180. The minimum Gasteiger partial charge on any atom is -0.294 e. The molecule has 1 heterocycles. The summed E-state index contributed by atoms with van der Waals surface area (Å²) in [6, 6.07) is 7.17. The summed E-state index contributed by atoms with van der Waals surface area (Å²) < 4.78 is 13.5. The van der Waals surface area contributed by atoms with E-state index >= 15 is 0 Å². The molecule has 2 rings (SSSR count). The van der Waals surface area contributed by atoms with E-state index in [0.29, 0.717) is 0 Å². The molecule has 2 nitrogen and oxygen atoms in total. The van der Waals surface area contributed by atoms with E-state index < -0.39 is 0 Å². The average molecular weight is 207 g/mol. The minimum absolute atomic E-state index is 0.104. The summed E-state index contributed by atoms with van der Waals surface area (Å²) in [7, 11) is 0. The quantitative estimate of drug-likeness (QED) is 0.723. The van der Waals surface area contributed by atoms with Crippen molar-refractivity contribution in [2.45, 2.75) is 13.0 Å². The molecule has 0 N–H and O–H groups in total. The molecule has 1 aliphatic heterocycles. The van der Waals surface area contributed by atoms with Gasteiger partial charge in [0, 0.05) is 37.8 Å². The molecule has 1 radical (unpaired) electrons. The molecule has 1 unspecified atom stereocenters. The molecule has 0 saturated carbocycles. The lowest BCUT2D eigenvalue weighted by atomic mass is 10.1. The van der Waals surface area contributed by atoms with Crippen LogP contribution in [-0.4, -0.2) is 31.1 Å². The number of piperazine rings is 1. The van der Waals surface area contributed by atoms with E-state index in [1.165, 1.54) is 6.07 Å². The Morgan fingerprint density at radius 3 is 2.60 bits per heavy atom. The van der Waals surface area contributed by atoms with Crippen LogP contribution in [0.2, 0.25) is 0 Å². The molecule has 0 aliphatic carbocycles. The van der Waals surface area contributed by atoms with Crippen LogP contribution in [-0.2, 0) is 0 Å². The molecule has 1 aliphatic rings. The molecule has 0 spiro atoms. The first-order chi connectivity index (χ1) is 7.29. The fraction of sp³-hybridized carbons (Fsp3) is 0.500. The lowest BCUT2D eigenvalue weighted by Gasteiger charge is -2.32. The van der Waals surface area contributed by atoms with Crippen LogP contribution < -0.4 is 5.32 Å². The van der Waals surface area contributed by atoms with Crippen molar-refractivity contribution in [2.24, 2.45) is 0 Å². The summed E-state index contributed by atoms with van der Waals surface area (Å²) in [6.07, 6.45) is 0. The molecule has 15 heavy (non-hydrogen) atoms. The van der Waals surface area contributed by atoms with E-state index in [9.17, 15) is 4.39 Å². The first-order valence-electron chi connectivity index (χ1n) is 5.41. The van der Waals surface area contributed by atoms with Gasteiger partial charge in [0.25, 0.3) is 0 Å². The number of benzene rings is 1. The van der Waals surface area contributed by atoms with Gasteiger partial charge in [-0.3, -0.25) is 4.90 Å². The fourth-order valence-corrected chi connectivity index (χ4v) is 2.02. The molecule has 0 amide bonds. The number of hydrogen-bond acceptors (Lipinski definition) is 1. The fourth-order valence-electron chi connectivity index (χ4n) is 2.02. The third kappa shape index (κ3) is 2.36. The van der Waals surface area contributed by atoms with E-state index in [1.54, 1.807) is 6.07 Å². The zero-order valence-corrected chi connectivity index (χ0v) is 8.99. The lowest BCUT2D eigenvalue weighted by Crippen LogP contribution is -2.41. The van der Waals surface area contributed by atoms with Crippen LogP contribution in [0.4, 0.5) is 4.39 Å². The Morgan fingerprint density at radius 1 is 1.27 bits per heavy atom. The summed E-state index contributed by atoms with van der Waals surface area (Å²) in [5.41, 5.74) is 0.791. The average Bonchev–Trinajstić information content (AvgIpc) is 2.30. The second-order valence-corrected chi connectivity index (χ2v) is 3.90. The maximum absolute atomic E-state index is 13.5. The minimum atomic E-state index is -0.104. The smallest absolute Gasteiger partial charge is 0.127 e. The Labute approximate surface area is 90.1 Å². The van der Waals surface area contributed by atoms with Crippen molar-refractivity contribution in [1.29, 1.82) is 0 Å². The van der Waals surface area contributed by atoms with Crippen molar-refractivity contribution in [3.63, 3.8) is 0 Å². The Bertz CT molecular complexity index is 321. The number of hydrogen-bond donors (Lipinski definition) is 0. The van der Waals surface area contributed by atoms with E-state index in [2.05, 4.69) is 17.1 Å². The van der Waals surface area contributed by atoms with E-state index in [0.717, 1.165) is 31.7 Å². The van der Waals surface area contributed by atoms with Gasteiger partial charge in [0.15, 0.2) is 0 Å². The maximum atomic E-state index is 13.5. The van der Waals surface area contributed by atoms with Crippen molar-refractivity contribution in [3.05, 3.63) is 35.6 Å². The van der Waals surface area contributed by atoms with Gasteiger partial charge in [-0.25, -0.2) is 9.71 Å². The summed E-state index contributed by atoms with van der Waals surface area (Å²) in [6.45, 7) is 5.69. The Hall–Kier alpha value is -0.930. The van der Waals surface area contributed by atoms with Crippen molar-refractivity contribution < 1.29 is 4.39 Å². The van der Waals surface area contributed by atoms with Crippen molar-refractivity contribution in [2.75, 3.05) is 26.2 Å². The topological polar surface area (TPSA) is 17.3 Å². The first-order valence-corrected chi connectivity index (χ1v) is 5.41. The molecular formula is C12H16FN2. The molecule has 1 atom stereocenters. The van der Waals surface area contributed by atoms with Crippen LogP contribution in [0.5, 0.6) is 0 Å². The number of nitrogens with zero attached hydrogens (tertiary/aromatic N) is 2. The van der Waals surface area contributed by atoms with Crippen LogP contribution in [0.15, 0.2) is 24.3 Å². The Morgan fingerprint density at radius 2 is 1.93 bits per heavy atom. The third-order valence-electron chi connectivity index (χ3n) is 2.99. The van der Waals surface area contributed by atoms with Crippen molar-refractivity contribution >= 4 is 0 Å². The predicted molar refractivity (Wildman–Crippen MR) is 58.3 cm³/mol. The molecule has 1 aromatic carbocycles. The summed E-state index contributed by atoms with van der Waals surface area (Å²) in [5.74, 6) is -0.104. The highest BCUT2D eigenvalue weighted by molar-refractivity contribution is 5.20. The van der Waals surface area contributed by atoms with Gasteiger partial charge in [-0.15, -0.1) is 0 Å². The van der Waals surface area contributed by atoms with E-state index in [1.807, 2.05) is 12.1 Å². The van der Waals surface area contributed by atoms with Gasteiger partial charge in [0.2, 0.25) is 0 Å². The molecule has 1 saturated heterocycles. The molecule has 0 bridgehead atoms. The van der Waals surface area contributed by atoms with Crippen molar-refractivity contribution in [1.82, 2.24) is 10.2 Å². The normalized spacial score (nSPS) is 20.1. The van der Waals surface area contributed by atoms with Gasteiger partial charge in [-0.05, 0) is 13.0 Å². The van der Waals surface area contributed by atoms with Gasteiger partial charge in [-0.2, -0.15) is 0 Å². The first kappa shape index (κ1) is 10.6. The molecule has 0 aromatic heterocycles. The molecular weight excluding hydrogens is 191 g/mol. The molecule has 3 heteroatoms. The van der Waals surface area contributed by atoms with Crippen LogP contribution in [0.1, 0.15) is 18.5 Å². The summed E-state index contributed by atoms with van der Waals surface area (Å²) in [5, 5.41) is 4.29. The highest BCUT2D eigenvalue weighted by atomic mass is 19.1. The van der Waals surface area contributed by atoms with Crippen molar-refractivity contribution in [3.8, 4) is 0 Å². The number of rotatable bonds is 2. The van der Waals surface area contributed by atoms with E-state index in [4.69, 9.17) is 0 Å². The third-order valence-corrected chi connectivity index (χ3v) is 2.99. The van der Waals surface area contributed by atoms with E-state index in [-0.39, 0.29) is 11.9 Å². The summed E-state index contributed by atoms with van der Waals surface area (Å²) in [4.78, 5) is 2.28. The van der Waals surface area contributed by atoms with Crippen LogP contribution in [0.25, 0.3) is 0 Å². The second kappa shape index (κ2) is 4.73. The van der Waals surface area contributed by atoms with Crippen LogP contribution in [0, 0.1) is 5.82 Å². The largest absolute Gasteiger partial charge is 0.294 e. The van der Waals surface area contributed by atoms with Gasteiger partial charge in [-0.1, -0.05) is 18.2 Å². The van der Waals surface area contributed by atoms with Gasteiger partial charge < -0.3 is 0 Å². The summed E-state index contributed by atoms with van der Waals surface area (Å²) >= 11 is 0.